The summed E-state index contributed by atoms with van der Waals surface area (Å²) in [6.07, 6.45) is 1.61. The van der Waals surface area contributed by atoms with E-state index in [0.717, 1.165) is 16.7 Å². The van der Waals surface area contributed by atoms with Gasteiger partial charge in [0.05, 0.1) is 6.07 Å². The smallest absolute Gasteiger partial charge is 0.0918 e. The molecule has 2 aromatic carbocycles. The van der Waals surface area contributed by atoms with E-state index in [1.807, 2.05) is 48.5 Å². The first-order valence-electron chi connectivity index (χ1n) is 5.54. The zero-order valence-electron chi connectivity index (χ0n) is 9.72. The number of hydrogen-bond donors (Lipinski definition) is 0. The average Bonchev–Trinajstić information content (AvgIpc) is 2.38. The van der Waals surface area contributed by atoms with Crippen LogP contribution in [0.25, 0.3) is 5.57 Å². The Balaban J connectivity index is 2.57. The first-order valence-corrected chi connectivity index (χ1v) is 5.54. The highest BCUT2D eigenvalue weighted by molar-refractivity contribution is 5.82. The van der Waals surface area contributed by atoms with Crippen LogP contribution in [0.5, 0.6) is 0 Å². The zero-order valence-corrected chi connectivity index (χ0v) is 9.72. The summed E-state index contributed by atoms with van der Waals surface area (Å²) in [5.74, 6) is 0. The van der Waals surface area contributed by atoms with Gasteiger partial charge in [0.25, 0.3) is 0 Å². The molecule has 0 atom stereocenters. The van der Waals surface area contributed by atoms with Gasteiger partial charge in [-0.15, -0.1) is 0 Å². The normalized spacial score (nSPS) is 10.9. The minimum Gasteiger partial charge on any atom is -0.193 e. The van der Waals surface area contributed by atoms with Crippen molar-refractivity contribution in [2.75, 3.05) is 0 Å². The molecule has 0 radical (unpaired) electrons. The standard InChI is InChI=1S/C16H13N/c1-13-7-5-6-10-15(13)16(11-12-17)14-8-3-2-4-9-14/h2-11H,1H3/b16-11-. The molecule has 0 heterocycles. The first kappa shape index (κ1) is 11.2. The third-order valence-electron chi connectivity index (χ3n) is 2.73. The lowest BCUT2D eigenvalue weighted by molar-refractivity contribution is 1.41. The molecule has 0 aliphatic rings. The van der Waals surface area contributed by atoms with E-state index in [1.54, 1.807) is 6.08 Å². The van der Waals surface area contributed by atoms with Crippen molar-refractivity contribution < 1.29 is 0 Å². The Hall–Kier alpha value is -2.33. The van der Waals surface area contributed by atoms with Crippen molar-refractivity contribution in [1.29, 1.82) is 5.26 Å². The van der Waals surface area contributed by atoms with Crippen molar-refractivity contribution >= 4 is 5.57 Å². The van der Waals surface area contributed by atoms with Crippen molar-refractivity contribution in [3.63, 3.8) is 0 Å². The van der Waals surface area contributed by atoms with Crippen molar-refractivity contribution in [3.8, 4) is 6.07 Å². The minimum absolute atomic E-state index is 0.978. The zero-order chi connectivity index (χ0) is 12.1. The molecule has 0 spiro atoms. The third-order valence-corrected chi connectivity index (χ3v) is 2.73. The summed E-state index contributed by atoms with van der Waals surface area (Å²) in [6.45, 7) is 2.06. The van der Waals surface area contributed by atoms with Gasteiger partial charge in [0.15, 0.2) is 0 Å². The van der Waals surface area contributed by atoms with Gasteiger partial charge in [0.2, 0.25) is 0 Å². The van der Waals surface area contributed by atoms with Crippen LogP contribution >= 0.6 is 0 Å². The average molecular weight is 219 g/mol. The number of hydrogen-bond acceptors (Lipinski definition) is 1. The number of aryl methyl sites for hydroxylation is 1. The fourth-order valence-corrected chi connectivity index (χ4v) is 1.87. The number of benzene rings is 2. The van der Waals surface area contributed by atoms with E-state index in [-0.39, 0.29) is 0 Å². The van der Waals surface area contributed by atoms with Crippen LogP contribution in [0.3, 0.4) is 0 Å². The van der Waals surface area contributed by atoms with Crippen molar-refractivity contribution in [2.24, 2.45) is 0 Å². The second-order valence-corrected chi connectivity index (χ2v) is 3.87. The molecule has 2 rings (SSSR count). The Bertz CT molecular complexity index is 574. The van der Waals surface area contributed by atoms with Crippen molar-refractivity contribution in [3.05, 3.63) is 77.4 Å². The van der Waals surface area contributed by atoms with E-state index >= 15 is 0 Å². The van der Waals surface area contributed by atoms with Crippen LogP contribution in [-0.2, 0) is 0 Å². The molecule has 2 aromatic rings. The summed E-state index contributed by atoms with van der Waals surface area (Å²) >= 11 is 0. The van der Waals surface area contributed by atoms with Gasteiger partial charge in [0.1, 0.15) is 0 Å². The third kappa shape index (κ3) is 2.43. The molecule has 1 nitrogen and oxygen atoms in total. The second kappa shape index (κ2) is 5.14. The molecule has 0 aliphatic carbocycles. The van der Waals surface area contributed by atoms with E-state index in [2.05, 4.69) is 19.1 Å². The quantitative estimate of drug-likeness (QED) is 0.701. The highest BCUT2D eigenvalue weighted by Crippen LogP contribution is 2.25. The Morgan fingerprint density at radius 2 is 1.65 bits per heavy atom. The molecular formula is C16H13N. The van der Waals surface area contributed by atoms with Gasteiger partial charge in [-0.3, -0.25) is 0 Å². The Labute approximate surface area is 102 Å². The van der Waals surface area contributed by atoms with E-state index < -0.39 is 0 Å². The maximum Gasteiger partial charge on any atom is 0.0918 e. The van der Waals surface area contributed by atoms with Crippen molar-refractivity contribution in [1.82, 2.24) is 0 Å². The van der Waals surface area contributed by atoms with Crippen molar-refractivity contribution in [2.45, 2.75) is 6.92 Å². The van der Waals surface area contributed by atoms with Gasteiger partial charge in [-0.25, -0.2) is 0 Å². The molecule has 0 aromatic heterocycles. The molecule has 0 aliphatic heterocycles. The summed E-state index contributed by atoms with van der Waals surface area (Å²) in [5.41, 5.74) is 4.34. The predicted molar refractivity (Wildman–Crippen MR) is 70.3 cm³/mol. The van der Waals surface area contributed by atoms with Gasteiger partial charge in [0, 0.05) is 6.08 Å². The summed E-state index contributed by atoms with van der Waals surface area (Å²) in [4.78, 5) is 0. The van der Waals surface area contributed by atoms with Gasteiger partial charge in [-0.2, -0.15) is 5.26 Å². The molecule has 0 saturated carbocycles. The summed E-state index contributed by atoms with van der Waals surface area (Å²) in [7, 11) is 0. The number of nitrogens with zero attached hydrogens (tertiary/aromatic N) is 1. The van der Waals surface area contributed by atoms with Crippen LogP contribution in [0.2, 0.25) is 0 Å². The number of nitriles is 1. The molecule has 1 heteroatoms. The molecule has 17 heavy (non-hydrogen) atoms. The Morgan fingerprint density at radius 3 is 2.29 bits per heavy atom. The molecule has 0 unspecified atom stereocenters. The summed E-state index contributed by atoms with van der Waals surface area (Å²) < 4.78 is 0. The lowest BCUT2D eigenvalue weighted by Crippen LogP contribution is -1.90. The highest BCUT2D eigenvalue weighted by atomic mass is 14.2. The molecule has 82 valence electrons. The van der Waals surface area contributed by atoms with E-state index in [1.165, 1.54) is 5.56 Å². The lowest BCUT2D eigenvalue weighted by atomic mass is 9.94. The predicted octanol–water partition coefficient (Wildman–Crippen LogP) is 3.95. The maximum atomic E-state index is 8.92. The molecule has 0 N–H and O–H groups in total. The van der Waals surface area contributed by atoms with Gasteiger partial charge >= 0.3 is 0 Å². The van der Waals surface area contributed by atoms with Crippen LogP contribution in [-0.4, -0.2) is 0 Å². The molecule has 0 bridgehead atoms. The van der Waals surface area contributed by atoms with E-state index in [9.17, 15) is 0 Å². The minimum atomic E-state index is 0.978. The first-order chi connectivity index (χ1) is 8.33. The highest BCUT2D eigenvalue weighted by Gasteiger charge is 2.06. The monoisotopic (exact) mass is 219 g/mol. The van der Waals surface area contributed by atoms with Gasteiger partial charge in [-0.05, 0) is 29.2 Å². The maximum absolute atomic E-state index is 8.92. The SMILES string of the molecule is Cc1ccccc1/C(=C\C#N)c1ccccc1. The van der Waals surface area contributed by atoms with Crippen LogP contribution < -0.4 is 0 Å². The number of rotatable bonds is 2. The molecule has 0 amide bonds. The molecular weight excluding hydrogens is 206 g/mol. The summed E-state index contributed by atoms with van der Waals surface area (Å²) in [6, 6.07) is 20.2. The van der Waals surface area contributed by atoms with Crippen LogP contribution in [0.15, 0.2) is 60.7 Å². The van der Waals surface area contributed by atoms with Gasteiger partial charge < -0.3 is 0 Å². The van der Waals surface area contributed by atoms with E-state index in [4.69, 9.17) is 5.26 Å². The topological polar surface area (TPSA) is 23.8 Å². The fraction of sp³-hybridized carbons (Fsp3) is 0.0625. The molecule has 0 fully saturated rings. The Morgan fingerprint density at radius 1 is 1.00 bits per heavy atom. The van der Waals surface area contributed by atoms with E-state index in [0.29, 0.717) is 0 Å². The lowest BCUT2D eigenvalue weighted by Gasteiger charge is -2.09. The molecule has 0 saturated heterocycles. The van der Waals surface area contributed by atoms with Gasteiger partial charge in [-0.1, -0.05) is 54.6 Å². The largest absolute Gasteiger partial charge is 0.193 e. The van der Waals surface area contributed by atoms with Crippen LogP contribution in [0.4, 0.5) is 0 Å². The van der Waals surface area contributed by atoms with Crippen LogP contribution in [0, 0.1) is 18.3 Å². The second-order valence-electron chi connectivity index (χ2n) is 3.87. The Kier molecular flexibility index (Phi) is 3.37. The number of allylic oxidation sites excluding steroid dienone is 1. The fourth-order valence-electron chi connectivity index (χ4n) is 1.87. The van der Waals surface area contributed by atoms with Crippen LogP contribution in [0.1, 0.15) is 16.7 Å². The summed E-state index contributed by atoms with van der Waals surface area (Å²) in [5, 5.41) is 8.92.